The molecule has 0 fully saturated rings. The third-order valence-corrected chi connectivity index (χ3v) is 4.05. The van der Waals surface area contributed by atoms with Gasteiger partial charge in [0, 0.05) is 16.2 Å². The number of carbonyl (C=O) groups excluding carboxylic acids is 1. The van der Waals surface area contributed by atoms with Gasteiger partial charge in [-0.25, -0.2) is 4.98 Å². The lowest BCUT2D eigenvalue weighted by Crippen LogP contribution is -1.93. The van der Waals surface area contributed by atoms with Crippen LogP contribution in [0.25, 0.3) is 16.9 Å². The summed E-state index contributed by atoms with van der Waals surface area (Å²) in [7, 11) is 0. The van der Waals surface area contributed by atoms with Gasteiger partial charge in [-0.2, -0.15) is 0 Å². The Morgan fingerprint density at radius 2 is 1.86 bits per heavy atom. The lowest BCUT2D eigenvalue weighted by Gasteiger charge is -2.06. The lowest BCUT2D eigenvalue weighted by atomic mass is 10.0. The minimum Gasteiger partial charge on any atom is -0.296 e. The van der Waals surface area contributed by atoms with Crippen molar-refractivity contribution in [2.75, 3.05) is 0 Å². The van der Waals surface area contributed by atoms with Crippen LogP contribution in [0.2, 0.25) is 0 Å². The highest BCUT2D eigenvalue weighted by molar-refractivity contribution is 9.10. The quantitative estimate of drug-likeness (QED) is 0.646. The molecule has 0 aliphatic heterocycles. The molecule has 1 aromatic carbocycles. The van der Waals surface area contributed by atoms with Gasteiger partial charge in [-0.15, -0.1) is 0 Å². The molecular formula is C17H15BrN2O. The Bertz CT molecular complexity index is 804. The van der Waals surface area contributed by atoms with E-state index in [1.54, 1.807) is 0 Å². The summed E-state index contributed by atoms with van der Waals surface area (Å²) in [5.41, 5.74) is 4.30. The Kier molecular flexibility index (Phi) is 3.64. The molecule has 3 nitrogen and oxygen atoms in total. The Morgan fingerprint density at radius 3 is 2.48 bits per heavy atom. The average Bonchev–Trinajstić information content (AvgIpc) is 2.85. The zero-order chi connectivity index (χ0) is 15.0. The van der Waals surface area contributed by atoms with Crippen LogP contribution in [0.3, 0.4) is 0 Å². The summed E-state index contributed by atoms with van der Waals surface area (Å²) < 4.78 is 2.72. The van der Waals surface area contributed by atoms with Crippen LogP contribution in [0.15, 0.2) is 47.1 Å². The predicted octanol–water partition coefficient (Wildman–Crippen LogP) is 4.70. The van der Waals surface area contributed by atoms with Crippen molar-refractivity contribution in [3.8, 4) is 11.3 Å². The molecule has 0 saturated heterocycles. The molecule has 106 valence electrons. The second-order valence-corrected chi connectivity index (χ2v) is 6.23. The van der Waals surface area contributed by atoms with Crippen LogP contribution >= 0.6 is 15.9 Å². The molecule has 3 rings (SSSR count). The van der Waals surface area contributed by atoms with E-state index in [-0.39, 0.29) is 0 Å². The summed E-state index contributed by atoms with van der Waals surface area (Å²) in [6.07, 6.45) is 2.72. The summed E-state index contributed by atoms with van der Waals surface area (Å²) in [4.78, 5) is 16.1. The molecule has 0 amide bonds. The number of hydrogen-bond acceptors (Lipinski definition) is 2. The first-order valence-electron chi connectivity index (χ1n) is 6.83. The first-order valence-corrected chi connectivity index (χ1v) is 7.62. The molecule has 0 unspecified atom stereocenters. The Labute approximate surface area is 131 Å². The smallest absolute Gasteiger partial charge is 0.169 e. The first-order chi connectivity index (χ1) is 10.1. The number of aromatic nitrogens is 2. The van der Waals surface area contributed by atoms with Crippen molar-refractivity contribution in [2.24, 2.45) is 0 Å². The fourth-order valence-electron chi connectivity index (χ4n) is 2.39. The van der Waals surface area contributed by atoms with Crippen LogP contribution in [0, 0.1) is 0 Å². The van der Waals surface area contributed by atoms with E-state index in [0.717, 1.165) is 27.7 Å². The highest BCUT2D eigenvalue weighted by Gasteiger charge is 2.13. The number of pyridine rings is 1. The molecular weight excluding hydrogens is 328 g/mol. The van der Waals surface area contributed by atoms with Gasteiger partial charge in [-0.05, 0) is 39.5 Å². The van der Waals surface area contributed by atoms with Crippen molar-refractivity contribution in [2.45, 2.75) is 19.8 Å². The average molecular weight is 343 g/mol. The maximum Gasteiger partial charge on any atom is 0.169 e. The van der Waals surface area contributed by atoms with Gasteiger partial charge in [0.2, 0.25) is 0 Å². The fourth-order valence-corrected chi connectivity index (χ4v) is 2.72. The molecule has 0 aliphatic carbocycles. The van der Waals surface area contributed by atoms with Crippen molar-refractivity contribution in [3.05, 3.63) is 58.3 Å². The van der Waals surface area contributed by atoms with Gasteiger partial charge in [0.1, 0.15) is 17.0 Å². The predicted molar refractivity (Wildman–Crippen MR) is 87.8 cm³/mol. The van der Waals surface area contributed by atoms with E-state index in [9.17, 15) is 4.79 Å². The molecule has 2 heterocycles. The third-order valence-electron chi connectivity index (χ3n) is 3.58. The van der Waals surface area contributed by atoms with Crippen LogP contribution in [0.5, 0.6) is 0 Å². The van der Waals surface area contributed by atoms with Gasteiger partial charge in [-0.1, -0.05) is 38.1 Å². The first kappa shape index (κ1) is 14.0. The van der Waals surface area contributed by atoms with Gasteiger partial charge in [0.05, 0.1) is 0 Å². The Balaban J connectivity index is 2.17. The zero-order valence-electron chi connectivity index (χ0n) is 11.9. The van der Waals surface area contributed by atoms with E-state index >= 15 is 0 Å². The van der Waals surface area contributed by atoms with Gasteiger partial charge < -0.3 is 0 Å². The molecule has 0 bridgehead atoms. The monoisotopic (exact) mass is 342 g/mol. The van der Waals surface area contributed by atoms with Crippen molar-refractivity contribution >= 4 is 27.9 Å². The summed E-state index contributed by atoms with van der Waals surface area (Å²) in [6, 6.07) is 12.0. The molecule has 0 N–H and O–H groups in total. The van der Waals surface area contributed by atoms with Crippen LogP contribution < -0.4 is 0 Å². The topological polar surface area (TPSA) is 34.4 Å². The van der Waals surface area contributed by atoms with E-state index in [4.69, 9.17) is 0 Å². The molecule has 4 heteroatoms. The van der Waals surface area contributed by atoms with Crippen molar-refractivity contribution in [1.29, 1.82) is 0 Å². The summed E-state index contributed by atoms with van der Waals surface area (Å²) in [5.74, 6) is 0.488. The summed E-state index contributed by atoms with van der Waals surface area (Å²) >= 11 is 3.42. The third kappa shape index (κ3) is 2.51. The van der Waals surface area contributed by atoms with E-state index in [2.05, 4.69) is 46.9 Å². The molecule has 3 aromatic rings. The highest BCUT2D eigenvalue weighted by Crippen LogP contribution is 2.26. The number of aldehydes is 1. The van der Waals surface area contributed by atoms with E-state index in [0.29, 0.717) is 11.6 Å². The lowest BCUT2D eigenvalue weighted by molar-refractivity contribution is 0.111. The molecule has 0 saturated carbocycles. The Morgan fingerprint density at radius 1 is 1.14 bits per heavy atom. The minimum atomic E-state index is 0.488. The molecule has 0 atom stereocenters. The van der Waals surface area contributed by atoms with E-state index in [1.807, 2.05) is 34.9 Å². The van der Waals surface area contributed by atoms with Crippen molar-refractivity contribution in [3.63, 3.8) is 0 Å². The number of hydrogen-bond donors (Lipinski definition) is 0. The maximum atomic E-state index is 11.5. The standard InChI is InChI=1S/C17H15BrN2O/c1-11(2)12-3-5-13(6-4-12)17-15(10-21)20-9-14(18)7-8-16(20)19-17/h3-11H,1-2H3. The maximum absolute atomic E-state index is 11.5. The number of halogens is 1. The van der Waals surface area contributed by atoms with Crippen LogP contribution in [-0.4, -0.2) is 15.7 Å². The summed E-state index contributed by atoms with van der Waals surface area (Å²) in [5, 5.41) is 0. The van der Waals surface area contributed by atoms with Crippen LogP contribution in [0.4, 0.5) is 0 Å². The van der Waals surface area contributed by atoms with Crippen molar-refractivity contribution in [1.82, 2.24) is 9.38 Å². The molecule has 0 aliphatic rings. The second kappa shape index (κ2) is 5.45. The molecule has 0 radical (unpaired) electrons. The van der Waals surface area contributed by atoms with E-state index in [1.165, 1.54) is 5.56 Å². The number of benzene rings is 1. The molecule has 2 aromatic heterocycles. The van der Waals surface area contributed by atoms with Crippen LogP contribution in [0.1, 0.15) is 35.8 Å². The number of fused-ring (bicyclic) bond motifs is 1. The summed E-state index contributed by atoms with van der Waals surface area (Å²) in [6.45, 7) is 4.32. The largest absolute Gasteiger partial charge is 0.296 e. The molecule has 21 heavy (non-hydrogen) atoms. The van der Waals surface area contributed by atoms with Gasteiger partial charge >= 0.3 is 0 Å². The Hall–Kier alpha value is -1.94. The highest BCUT2D eigenvalue weighted by atomic mass is 79.9. The van der Waals surface area contributed by atoms with Crippen molar-refractivity contribution < 1.29 is 4.79 Å². The number of nitrogens with zero attached hydrogens (tertiary/aromatic N) is 2. The number of carbonyl (C=O) groups is 1. The SMILES string of the molecule is CC(C)c1ccc(-c2nc3ccc(Br)cn3c2C=O)cc1. The number of imidazole rings is 1. The van der Waals surface area contributed by atoms with Gasteiger partial charge in [0.15, 0.2) is 6.29 Å². The zero-order valence-corrected chi connectivity index (χ0v) is 13.5. The molecule has 0 spiro atoms. The normalized spacial score (nSPS) is 11.2. The fraction of sp³-hybridized carbons (Fsp3) is 0.176. The van der Waals surface area contributed by atoms with Gasteiger partial charge in [0.25, 0.3) is 0 Å². The minimum absolute atomic E-state index is 0.488. The van der Waals surface area contributed by atoms with E-state index < -0.39 is 0 Å². The van der Waals surface area contributed by atoms with Crippen LogP contribution in [-0.2, 0) is 0 Å². The number of rotatable bonds is 3. The van der Waals surface area contributed by atoms with Gasteiger partial charge in [-0.3, -0.25) is 9.20 Å². The second-order valence-electron chi connectivity index (χ2n) is 5.32.